The van der Waals surface area contributed by atoms with Gasteiger partial charge in [-0.2, -0.15) is 0 Å². The molecular formula is C28H30O2. The molecule has 0 aromatic heterocycles. The number of hydrogen-bond donors (Lipinski definition) is 0. The first kappa shape index (κ1) is 16.1. The van der Waals surface area contributed by atoms with Crippen molar-refractivity contribution in [2.45, 2.75) is 32.1 Å². The summed E-state index contributed by atoms with van der Waals surface area (Å²) in [7, 11) is 1.67. The molecule has 2 heteroatoms. The summed E-state index contributed by atoms with van der Waals surface area (Å²) in [4.78, 5) is 14.0. The number of esters is 1. The fourth-order valence-corrected chi connectivity index (χ4v) is 12.8. The Kier molecular flexibility index (Phi) is 2.56. The maximum Gasteiger partial charge on any atom is 0.312 e. The van der Waals surface area contributed by atoms with Gasteiger partial charge in [0.15, 0.2) is 0 Å². The molecule has 30 heavy (non-hydrogen) atoms. The first-order valence-electron chi connectivity index (χ1n) is 12.6. The van der Waals surface area contributed by atoms with Gasteiger partial charge < -0.3 is 4.74 Å². The van der Waals surface area contributed by atoms with Gasteiger partial charge in [-0.1, -0.05) is 41.5 Å². The molecule has 0 spiro atoms. The van der Waals surface area contributed by atoms with Gasteiger partial charge in [-0.15, -0.1) is 0 Å². The molecule has 8 aliphatic carbocycles. The molecule has 154 valence electrons. The second kappa shape index (κ2) is 4.76. The molecule has 1 aromatic rings. The topological polar surface area (TPSA) is 26.3 Å². The first-order valence-corrected chi connectivity index (χ1v) is 12.6. The molecule has 0 radical (unpaired) electrons. The summed E-state index contributed by atoms with van der Waals surface area (Å²) in [5.74, 6) is 10.0. The van der Waals surface area contributed by atoms with Gasteiger partial charge in [0.25, 0.3) is 0 Å². The van der Waals surface area contributed by atoms with Crippen molar-refractivity contribution in [2.75, 3.05) is 7.11 Å². The molecule has 7 saturated carbocycles. The summed E-state index contributed by atoms with van der Waals surface area (Å²) >= 11 is 0. The number of methoxy groups -OCH3 is 1. The summed E-state index contributed by atoms with van der Waals surface area (Å²) in [6.45, 7) is 0. The molecule has 0 bridgehead atoms. The van der Waals surface area contributed by atoms with E-state index in [1.807, 2.05) is 11.1 Å². The molecule has 0 N–H and O–H groups in total. The number of fused-ring (bicyclic) bond motifs is 3. The Labute approximate surface area is 178 Å². The van der Waals surface area contributed by atoms with E-state index < -0.39 is 0 Å². The van der Waals surface area contributed by atoms with Gasteiger partial charge in [0, 0.05) is 0 Å². The minimum Gasteiger partial charge on any atom is -0.469 e. The number of benzene rings is 1. The highest BCUT2D eigenvalue weighted by Crippen LogP contribution is 2.89. The number of rotatable bonds is 3. The molecule has 0 amide bonds. The lowest BCUT2D eigenvalue weighted by Gasteiger charge is -2.42. The van der Waals surface area contributed by atoms with Gasteiger partial charge in [0.1, 0.15) is 0 Å². The third-order valence-corrected chi connectivity index (χ3v) is 12.4. The van der Waals surface area contributed by atoms with Crippen molar-refractivity contribution in [3.63, 3.8) is 0 Å². The summed E-state index contributed by atoms with van der Waals surface area (Å²) in [5.41, 5.74) is 5.07. The molecule has 8 aliphatic rings. The maximum atomic E-state index is 14.0. The summed E-state index contributed by atoms with van der Waals surface area (Å²) in [6, 6.07) is 11.0. The number of allylic oxidation sites excluding steroid dienone is 2. The number of carbonyl (C=O) groups is 1. The average Bonchev–Trinajstić information content (AvgIpc) is 3.53. The van der Waals surface area contributed by atoms with Crippen LogP contribution in [-0.4, -0.2) is 13.1 Å². The van der Waals surface area contributed by atoms with Crippen LogP contribution in [0.4, 0.5) is 0 Å². The highest BCUT2D eigenvalue weighted by atomic mass is 16.5. The minimum absolute atomic E-state index is 0.161. The highest BCUT2D eigenvalue weighted by Gasteiger charge is 2.86. The molecule has 7 fully saturated rings. The van der Waals surface area contributed by atoms with Gasteiger partial charge in [0.2, 0.25) is 0 Å². The molecular weight excluding hydrogens is 368 g/mol. The highest BCUT2D eigenvalue weighted by molar-refractivity contribution is 5.80. The SMILES string of the molecule is COC(=O)[C@@]1(Cc2ccccc2)[C@@H]2[C@@H]3CCC4=C5[C@H]6[C@H]([C@@H]43)[C@@H]2[C@H]2[C@@H]6[C@H]3[C@@H](CC[C@@H]53)[C@@H]21. The minimum atomic E-state index is -0.259. The van der Waals surface area contributed by atoms with E-state index >= 15 is 0 Å². The van der Waals surface area contributed by atoms with E-state index in [0.29, 0.717) is 11.8 Å². The quantitative estimate of drug-likeness (QED) is 0.543. The van der Waals surface area contributed by atoms with Crippen LogP contribution in [0.5, 0.6) is 0 Å². The van der Waals surface area contributed by atoms with E-state index in [1.54, 1.807) is 7.11 Å². The third kappa shape index (κ3) is 1.33. The summed E-state index contributed by atoms with van der Waals surface area (Å²) in [5, 5.41) is 0. The Bertz CT molecular complexity index is 1040. The molecule has 0 heterocycles. The predicted molar refractivity (Wildman–Crippen MR) is 112 cm³/mol. The van der Waals surface area contributed by atoms with Crippen LogP contribution >= 0.6 is 0 Å². The first-order chi connectivity index (χ1) is 14.8. The monoisotopic (exact) mass is 398 g/mol. The normalized spacial score (nSPS) is 58.6. The van der Waals surface area contributed by atoms with Crippen molar-refractivity contribution in [1.29, 1.82) is 0 Å². The van der Waals surface area contributed by atoms with Crippen molar-refractivity contribution in [1.82, 2.24) is 0 Å². The van der Waals surface area contributed by atoms with Crippen molar-refractivity contribution in [3.8, 4) is 0 Å². The fraction of sp³-hybridized carbons (Fsp3) is 0.679. The zero-order valence-electron chi connectivity index (χ0n) is 17.7. The Hall–Kier alpha value is -1.57. The Morgan fingerprint density at radius 3 is 2.57 bits per heavy atom. The maximum absolute atomic E-state index is 14.0. The van der Waals surface area contributed by atoms with Crippen LogP contribution in [-0.2, 0) is 16.0 Å². The average molecular weight is 399 g/mol. The predicted octanol–water partition coefficient (Wildman–Crippen LogP) is 4.75. The van der Waals surface area contributed by atoms with E-state index in [4.69, 9.17) is 4.74 Å². The van der Waals surface area contributed by atoms with Gasteiger partial charge in [-0.25, -0.2) is 0 Å². The Balaban J connectivity index is 1.34. The Morgan fingerprint density at radius 2 is 1.73 bits per heavy atom. The largest absolute Gasteiger partial charge is 0.469 e. The van der Waals surface area contributed by atoms with Crippen LogP contribution in [0.1, 0.15) is 31.2 Å². The lowest BCUT2D eigenvalue weighted by Crippen LogP contribution is -2.48. The van der Waals surface area contributed by atoms with Crippen molar-refractivity contribution < 1.29 is 9.53 Å². The lowest BCUT2D eigenvalue weighted by molar-refractivity contribution is -0.162. The molecule has 9 rings (SSSR count). The molecule has 0 saturated heterocycles. The zero-order valence-corrected chi connectivity index (χ0v) is 17.7. The van der Waals surface area contributed by atoms with Gasteiger partial charge in [-0.05, 0) is 109 Å². The number of carbonyl (C=O) groups excluding carboxylic acids is 1. The van der Waals surface area contributed by atoms with Crippen LogP contribution in [0.2, 0.25) is 0 Å². The third-order valence-electron chi connectivity index (χ3n) is 12.4. The molecule has 2 nitrogen and oxygen atoms in total. The van der Waals surface area contributed by atoms with Gasteiger partial charge in [0.05, 0.1) is 12.5 Å². The van der Waals surface area contributed by atoms with Crippen molar-refractivity contribution in [3.05, 3.63) is 47.0 Å². The zero-order chi connectivity index (χ0) is 19.5. The van der Waals surface area contributed by atoms with Crippen LogP contribution in [0, 0.1) is 76.4 Å². The molecule has 1 aromatic carbocycles. The lowest BCUT2D eigenvalue weighted by atomic mass is 9.60. The summed E-state index contributed by atoms with van der Waals surface area (Å²) < 4.78 is 5.77. The van der Waals surface area contributed by atoms with E-state index in [2.05, 4.69) is 30.3 Å². The molecule has 0 unspecified atom stereocenters. The van der Waals surface area contributed by atoms with E-state index in [9.17, 15) is 4.79 Å². The van der Waals surface area contributed by atoms with Crippen molar-refractivity contribution >= 4 is 5.97 Å². The second-order valence-corrected chi connectivity index (χ2v) is 12.2. The molecule has 0 aliphatic heterocycles. The van der Waals surface area contributed by atoms with Crippen LogP contribution in [0.15, 0.2) is 41.5 Å². The summed E-state index contributed by atoms with van der Waals surface area (Å²) in [6.07, 6.45) is 6.44. The van der Waals surface area contributed by atoms with E-state index in [0.717, 1.165) is 65.6 Å². The van der Waals surface area contributed by atoms with Crippen LogP contribution in [0.3, 0.4) is 0 Å². The standard InChI is InChI=1S/C28H30O2/c1-30-27(29)28(11-12-5-3-2-4-6-12)25-15-9-7-13-17-14-8-10-16-19(14)22-20(17)21(18(13)15)23(25)24(22)26(16)28/h2-6,13,15-16,18-26H,7-11H2,1H3/t13-,15+,16+,18+,19-,20+,21+,22-,23+,24+,25-,26+,28+/m0/s1. The van der Waals surface area contributed by atoms with Gasteiger partial charge >= 0.3 is 5.97 Å². The van der Waals surface area contributed by atoms with Crippen molar-refractivity contribution in [2.24, 2.45) is 76.4 Å². The second-order valence-electron chi connectivity index (χ2n) is 12.2. The smallest absolute Gasteiger partial charge is 0.312 e. The Morgan fingerprint density at radius 1 is 0.933 bits per heavy atom. The van der Waals surface area contributed by atoms with E-state index in [-0.39, 0.29) is 11.4 Å². The van der Waals surface area contributed by atoms with Crippen LogP contribution in [0.25, 0.3) is 0 Å². The van der Waals surface area contributed by atoms with Crippen LogP contribution < -0.4 is 0 Å². The van der Waals surface area contributed by atoms with Gasteiger partial charge in [-0.3, -0.25) is 4.79 Å². The number of ether oxygens (including phenoxy) is 1. The molecule has 13 atom stereocenters. The number of hydrogen-bond acceptors (Lipinski definition) is 2. The van der Waals surface area contributed by atoms with E-state index in [1.165, 1.54) is 31.2 Å². The fourth-order valence-electron chi connectivity index (χ4n) is 12.8.